The maximum atomic E-state index is 13.1. The number of hydrogen-bond donors (Lipinski definition) is 2. The van der Waals surface area contributed by atoms with Gasteiger partial charge in [-0.3, -0.25) is 4.79 Å². The van der Waals surface area contributed by atoms with Gasteiger partial charge in [0.2, 0.25) is 0 Å². The van der Waals surface area contributed by atoms with Gasteiger partial charge in [0.15, 0.2) is 9.84 Å². The average Bonchev–Trinajstić information content (AvgIpc) is 3.27. The first-order chi connectivity index (χ1) is 11.7. The van der Waals surface area contributed by atoms with Gasteiger partial charge in [-0.25, -0.2) is 8.42 Å². The van der Waals surface area contributed by atoms with Crippen LogP contribution >= 0.6 is 11.6 Å². The molecular formula is C18H18ClNO4S. The predicted octanol–water partition coefficient (Wildman–Crippen LogP) is 2.62. The van der Waals surface area contributed by atoms with Crippen molar-refractivity contribution in [1.29, 1.82) is 0 Å². The molecule has 132 valence electrons. The van der Waals surface area contributed by atoms with E-state index in [-0.39, 0.29) is 11.4 Å². The number of carboxylic acids is 1. The Bertz CT molecular complexity index is 909. The lowest BCUT2D eigenvalue weighted by atomic mass is 9.99. The van der Waals surface area contributed by atoms with E-state index in [1.54, 1.807) is 12.1 Å². The highest BCUT2D eigenvalue weighted by molar-refractivity contribution is 7.92. The highest BCUT2D eigenvalue weighted by Crippen LogP contribution is 2.63. The zero-order valence-electron chi connectivity index (χ0n) is 13.5. The zero-order valence-corrected chi connectivity index (χ0v) is 15.1. The Hall–Kier alpha value is -1.89. The molecule has 7 heteroatoms. The smallest absolute Gasteiger partial charge is 0.312 e. The van der Waals surface area contributed by atoms with Crippen molar-refractivity contribution in [1.82, 2.24) is 0 Å². The molecule has 5 nitrogen and oxygen atoms in total. The topological polar surface area (TPSA) is 97.5 Å². The number of aliphatic carboxylic acids is 1. The van der Waals surface area contributed by atoms with Gasteiger partial charge in [-0.15, -0.1) is 0 Å². The van der Waals surface area contributed by atoms with Crippen LogP contribution in [0.3, 0.4) is 0 Å². The van der Waals surface area contributed by atoms with Crippen molar-refractivity contribution in [3.63, 3.8) is 0 Å². The number of halogens is 1. The molecule has 0 amide bonds. The van der Waals surface area contributed by atoms with E-state index in [9.17, 15) is 18.3 Å². The third kappa shape index (κ3) is 2.74. The molecule has 0 radical (unpaired) electrons. The van der Waals surface area contributed by atoms with E-state index in [1.165, 1.54) is 24.3 Å². The van der Waals surface area contributed by atoms with Gasteiger partial charge in [-0.05, 0) is 36.8 Å². The second kappa shape index (κ2) is 6.12. The van der Waals surface area contributed by atoms with Crippen molar-refractivity contribution in [2.24, 2.45) is 11.1 Å². The molecule has 25 heavy (non-hydrogen) atoms. The lowest BCUT2D eigenvalue weighted by Crippen LogP contribution is -2.31. The molecular weight excluding hydrogens is 362 g/mol. The van der Waals surface area contributed by atoms with Gasteiger partial charge in [0.1, 0.15) is 5.41 Å². The summed E-state index contributed by atoms with van der Waals surface area (Å²) in [6, 6.07) is 12.9. The number of hydrogen-bond acceptors (Lipinski definition) is 4. The molecule has 1 fully saturated rings. The molecule has 3 N–H and O–H groups in total. The van der Waals surface area contributed by atoms with Gasteiger partial charge in [0, 0.05) is 17.5 Å². The summed E-state index contributed by atoms with van der Waals surface area (Å²) < 4.78 is 26.1. The lowest BCUT2D eigenvalue weighted by molar-refractivity contribution is -0.143. The fraction of sp³-hybridized carbons (Fsp3) is 0.278. The van der Waals surface area contributed by atoms with Crippen LogP contribution in [0.15, 0.2) is 53.4 Å². The van der Waals surface area contributed by atoms with Crippen LogP contribution in [0.5, 0.6) is 0 Å². The van der Waals surface area contributed by atoms with Crippen LogP contribution in [-0.4, -0.2) is 31.3 Å². The summed E-state index contributed by atoms with van der Waals surface area (Å²) in [5.74, 6) is -1.88. The van der Waals surface area contributed by atoms with Crippen LogP contribution in [-0.2, 0) is 14.6 Å². The fourth-order valence-corrected chi connectivity index (χ4v) is 5.97. The van der Waals surface area contributed by atoms with Gasteiger partial charge < -0.3 is 10.8 Å². The molecule has 0 aliphatic heterocycles. The van der Waals surface area contributed by atoms with Gasteiger partial charge in [-0.2, -0.15) is 0 Å². The van der Waals surface area contributed by atoms with Crippen molar-refractivity contribution < 1.29 is 18.3 Å². The van der Waals surface area contributed by atoms with Gasteiger partial charge >= 0.3 is 5.97 Å². The third-order valence-corrected chi connectivity index (χ3v) is 7.45. The molecule has 3 atom stereocenters. The van der Waals surface area contributed by atoms with Gasteiger partial charge in [-0.1, -0.05) is 41.4 Å². The van der Waals surface area contributed by atoms with E-state index in [0.29, 0.717) is 10.6 Å². The highest BCUT2D eigenvalue weighted by Gasteiger charge is 2.75. The number of benzene rings is 2. The van der Waals surface area contributed by atoms with Crippen LogP contribution in [0.2, 0.25) is 5.02 Å². The van der Waals surface area contributed by atoms with Crippen LogP contribution < -0.4 is 5.73 Å². The summed E-state index contributed by atoms with van der Waals surface area (Å²) in [4.78, 5) is 12.0. The largest absolute Gasteiger partial charge is 0.481 e. The summed E-state index contributed by atoms with van der Waals surface area (Å²) in [7, 11) is -3.87. The maximum absolute atomic E-state index is 13.1. The van der Waals surface area contributed by atoms with Crippen molar-refractivity contribution in [3.8, 4) is 0 Å². The molecule has 2 aromatic carbocycles. The van der Waals surface area contributed by atoms with E-state index in [0.717, 1.165) is 5.56 Å². The van der Waals surface area contributed by atoms with E-state index in [4.69, 9.17) is 17.3 Å². The molecule has 0 heterocycles. The molecule has 0 aromatic heterocycles. The second-order valence-electron chi connectivity index (χ2n) is 6.36. The zero-order chi connectivity index (χ0) is 18.4. The Kier molecular flexibility index (Phi) is 4.39. The summed E-state index contributed by atoms with van der Waals surface area (Å²) in [5.41, 5.74) is 5.91. The Labute approximate surface area is 151 Å². The first kappa shape index (κ1) is 17.9. The Balaban J connectivity index is 2.10. The molecule has 1 aliphatic carbocycles. The minimum atomic E-state index is -3.87. The normalized spacial score (nSPS) is 25.6. The molecule has 1 saturated carbocycles. The Morgan fingerprint density at radius 1 is 1.16 bits per heavy atom. The van der Waals surface area contributed by atoms with E-state index >= 15 is 0 Å². The number of nitrogens with two attached hydrogens (primary N) is 1. The molecule has 2 aromatic rings. The quantitative estimate of drug-likeness (QED) is 0.832. The monoisotopic (exact) mass is 379 g/mol. The SMILES string of the molecule is Cc1ccc([C@@H]2[C@@H](S(=O)(=O)c3ccc(Cl)cc3)[C@@]2(CN)C(=O)O)cc1. The molecule has 0 bridgehead atoms. The summed E-state index contributed by atoms with van der Waals surface area (Å²) in [6.45, 7) is 1.66. The summed E-state index contributed by atoms with van der Waals surface area (Å²) >= 11 is 5.82. The van der Waals surface area contributed by atoms with E-state index in [2.05, 4.69) is 0 Å². The number of aryl methyl sites for hydroxylation is 1. The summed E-state index contributed by atoms with van der Waals surface area (Å²) in [6.07, 6.45) is 0. The van der Waals surface area contributed by atoms with Crippen LogP contribution in [0.25, 0.3) is 0 Å². The first-order valence-electron chi connectivity index (χ1n) is 7.74. The third-order valence-electron chi connectivity index (χ3n) is 4.91. The molecule has 1 aliphatic rings. The lowest BCUT2D eigenvalue weighted by Gasteiger charge is -2.10. The first-order valence-corrected chi connectivity index (χ1v) is 9.67. The van der Waals surface area contributed by atoms with E-state index < -0.39 is 32.4 Å². The second-order valence-corrected chi connectivity index (χ2v) is 8.86. The molecule has 0 spiro atoms. The minimum Gasteiger partial charge on any atom is -0.481 e. The number of rotatable bonds is 5. The van der Waals surface area contributed by atoms with Crippen molar-refractivity contribution >= 4 is 27.4 Å². The predicted molar refractivity (Wildman–Crippen MR) is 95.5 cm³/mol. The van der Waals surface area contributed by atoms with Crippen LogP contribution in [0.4, 0.5) is 0 Å². The van der Waals surface area contributed by atoms with Crippen molar-refractivity contribution in [2.45, 2.75) is 23.0 Å². The molecule has 0 unspecified atom stereocenters. The molecule has 3 rings (SSSR count). The number of carbonyl (C=O) groups is 1. The fourth-order valence-electron chi connectivity index (χ4n) is 3.46. The van der Waals surface area contributed by atoms with Crippen LogP contribution in [0, 0.1) is 12.3 Å². The highest BCUT2D eigenvalue weighted by atomic mass is 35.5. The Morgan fingerprint density at radius 3 is 2.20 bits per heavy atom. The molecule has 0 saturated heterocycles. The van der Waals surface area contributed by atoms with E-state index in [1.807, 2.05) is 19.1 Å². The van der Waals surface area contributed by atoms with Gasteiger partial charge in [0.25, 0.3) is 0 Å². The number of sulfone groups is 1. The summed E-state index contributed by atoms with van der Waals surface area (Å²) in [5, 5.41) is 9.05. The van der Waals surface area contributed by atoms with Crippen LogP contribution in [0.1, 0.15) is 17.0 Å². The average molecular weight is 380 g/mol. The van der Waals surface area contributed by atoms with Crippen molar-refractivity contribution in [3.05, 3.63) is 64.7 Å². The number of carboxylic acid groups (broad SMARTS) is 1. The maximum Gasteiger partial charge on any atom is 0.312 e. The Morgan fingerprint density at radius 2 is 1.72 bits per heavy atom. The van der Waals surface area contributed by atoms with Gasteiger partial charge in [0.05, 0.1) is 10.1 Å². The van der Waals surface area contributed by atoms with Crippen molar-refractivity contribution in [2.75, 3.05) is 6.54 Å². The minimum absolute atomic E-state index is 0.0515. The standard InChI is InChI=1S/C18H18ClNO4S/c1-11-2-4-12(5-3-11)15-16(18(15,10-20)17(21)22)25(23,24)14-8-6-13(19)7-9-14/h2-9,15-16H,10,20H2,1H3,(H,21,22)/t15-,16-,18+/m1/s1.